The van der Waals surface area contributed by atoms with Gasteiger partial charge in [-0.25, -0.2) is 0 Å². The van der Waals surface area contributed by atoms with Crippen molar-refractivity contribution in [3.8, 4) is 0 Å². The summed E-state index contributed by atoms with van der Waals surface area (Å²) in [5.74, 6) is 0.200. The van der Waals surface area contributed by atoms with E-state index in [1.54, 1.807) is 0 Å². The molecule has 4 heteroatoms. The lowest BCUT2D eigenvalue weighted by Crippen LogP contribution is -2.61. The molecule has 0 unspecified atom stereocenters. The lowest BCUT2D eigenvalue weighted by molar-refractivity contribution is -0.147. The average Bonchev–Trinajstić information content (AvgIpc) is 2.33. The monoisotopic (exact) mass is 310 g/mol. The summed E-state index contributed by atoms with van der Waals surface area (Å²) in [4.78, 5) is 16.2. The van der Waals surface area contributed by atoms with E-state index in [0.29, 0.717) is 0 Å². The van der Waals surface area contributed by atoms with Crippen molar-refractivity contribution < 1.29 is 4.79 Å². The Bertz CT molecular complexity index is 442. The number of piperazine rings is 1. The van der Waals surface area contributed by atoms with Crippen LogP contribution in [0.2, 0.25) is 0 Å². The molecule has 1 aromatic rings. The van der Waals surface area contributed by atoms with Crippen LogP contribution < -0.4 is 0 Å². The average molecular weight is 311 g/mol. The Labute approximate surface area is 117 Å². The highest BCUT2D eigenvalue weighted by atomic mass is 79.9. The highest BCUT2D eigenvalue weighted by Gasteiger charge is 2.40. The topological polar surface area (TPSA) is 23.6 Å². The normalized spacial score (nSPS) is 20.2. The van der Waals surface area contributed by atoms with Crippen LogP contribution in [0.15, 0.2) is 28.7 Å². The van der Waals surface area contributed by atoms with Crippen LogP contribution in [0, 0.1) is 0 Å². The van der Waals surface area contributed by atoms with E-state index in [1.165, 1.54) is 5.56 Å². The van der Waals surface area contributed by atoms with Gasteiger partial charge in [0.05, 0.1) is 5.54 Å². The van der Waals surface area contributed by atoms with Crippen molar-refractivity contribution in [2.45, 2.75) is 25.9 Å². The van der Waals surface area contributed by atoms with Crippen molar-refractivity contribution in [1.29, 1.82) is 0 Å². The maximum atomic E-state index is 12.2. The summed E-state index contributed by atoms with van der Waals surface area (Å²) in [7, 11) is 1.88. The highest BCUT2D eigenvalue weighted by Crippen LogP contribution is 2.24. The summed E-state index contributed by atoms with van der Waals surface area (Å²) in [6.07, 6.45) is 0. The zero-order chi connectivity index (χ0) is 13.3. The second kappa shape index (κ2) is 5.02. The largest absolute Gasteiger partial charge is 0.343 e. The van der Waals surface area contributed by atoms with E-state index in [0.717, 1.165) is 24.1 Å². The van der Waals surface area contributed by atoms with Gasteiger partial charge >= 0.3 is 0 Å². The quantitative estimate of drug-likeness (QED) is 0.838. The second-order valence-electron chi connectivity index (χ2n) is 5.33. The maximum absolute atomic E-state index is 12.2. The van der Waals surface area contributed by atoms with Crippen molar-refractivity contribution in [3.05, 3.63) is 34.3 Å². The predicted octanol–water partition coefficient (Wildman–Crippen LogP) is 2.50. The van der Waals surface area contributed by atoms with Crippen LogP contribution in [0.5, 0.6) is 0 Å². The zero-order valence-corrected chi connectivity index (χ0v) is 12.7. The molecule has 98 valence electrons. The van der Waals surface area contributed by atoms with E-state index in [-0.39, 0.29) is 5.91 Å². The molecule has 0 aliphatic carbocycles. The fourth-order valence-corrected chi connectivity index (χ4v) is 2.61. The molecule has 1 aliphatic heterocycles. The zero-order valence-electron chi connectivity index (χ0n) is 11.1. The van der Waals surface area contributed by atoms with E-state index in [4.69, 9.17) is 0 Å². The molecule has 0 aromatic heterocycles. The molecule has 0 saturated carbocycles. The second-order valence-corrected chi connectivity index (χ2v) is 6.25. The van der Waals surface area contributed by atoms with Crippen molar-refractivity contribution in [3.63, 3.8) is 0 Å². The van der Waals surface area contributed by atoms with Gasteiger partial charge in [0.25, 0.3) is 0 Å². The van der Waals surface area contributed by atoms with Gasteiger partial charge < -0.3 is 4.90 Å². The molecule has 1 aromatic carbocycles. The fraction of sp³-hybridized carbons (Fsp3) is 0.500. The van der Waals surface area contributed by atoms with Gasteiger partial charge in [-0.1, -0.05) is 28.1 Å². The van der Waals surface area contributed by atoms with E-state index in [1.807, 2.05) is 37.9 Å². The number of rotatable bonds is 2. The van der Waals surface area contributed by atoms with Gasteiger partial charge in [0.15, 0.2) is 0 Å². The number of carbonyl (C=O) groups is 1. The first-order valence-electron chi connectivity index (χ1n) is 6.16. The molecular weight excluding hydrogens is 292 g/mol. The molecule has 3 nitrogen and oxygen atoms in total. The number of benzene rings is 1. The van der Waals surface area contributed by atoms with Crippen molar-refractivity contribution >= 4 is 21.8 Å². The Kier molecular flexibility index (Phi) is 3.78. The minimum atomic E-state index is -0.417. The first kappa shape index (κ1) is 13.6. The molecule has 1 aliphatic rings. The number of carbonyl (C=O) groups excluding carboxylic acids is 1. The lowest BCUT2D eigenvalue weighted by Gasteiger charge is -2.44. The summed E-state index contributed by atoms with van der Waals surface area (Å²) >= 11 is 3.44. The highest BCUT2D eigenvalue weighted by molar-refractivity contribution is 9.10. The number of nitrogens with zero attached hydrogens (tertiary/aromatic N) is 2. The molecule has 0 bridgehead atoms. The van der Waals surface area contributed by atoms with Crippen LogP contribution in [-0.4, -0.2) is 41.4 Å². The van der Waals surface area contributed by atoms with E-state index in [9.17, 15) is 4.79 Å². The predicted molar refractivity (Wildman–Crippen MR) is 76.3 cm³/mol. The number of hydrogen-bond acceptors (Lipinski definition) is 2. The maximum Gasteiger partial charge on any atom is 0.242 e. The molecule has 1 amide bonds. The van der Waals surface area contributed by atoms with Gasteiger partial charge in [-0.3, -0.25) is 9.69 Å². The van der Waals surface area contributed by atoms with Crippen LogP contribution in [0.3, 0.4) is 0 Å². The fourth-order valence-electron chi connectivity index (χ4n) is 2.34. The molecule has 1 heterocycles. The van der Waals surface area contributed by atoms with E-state index < -0.39 is 5.54 Å². The Morgan fingerprint density at radius 1 is 1.22 bits per heavy atom. The first-order valence-corrected chi connectivity index (χ1v) is 6.95. The third kappa shape index (κ3) is 2.59. The third-order valence-corrected chi connectivity index (χ3v) is 4.18. The number of halogens is 1. The summed E-state index contributed by atoms with van der Waals surface area (Å²) in [5, 5.41) is 0. The molecule has 0 N–H and O–H groups in total. The Morgan fingerprint density at radius 3 is 2.44 bits per heavy atom. The molecule has 1 saturated heterocycles. The van der Waals surface area contributed by atoms with Crippen molar-refractivity contribution in [2.24, 2.45) is 0 Å². The molecule has 1 fully saturated rings. The van der Waals surface area contributed by atoms with Gasteiger partial charge in [-0.2, -0.15) is 0 Å². The van der Waals surface area contributed by atoms with Crippen LogP contribution in [-0.2, 0) is 11.3 Å². The summed E-state index contributed by atoms with van der Waals surface area (Å²) < 4.78 is 1.08. The molecule has 0 radical (unpaired) electrons. The lowest BCUT2D eigenvalue weighted by atomic mass is 9.97. The van der Waals surface area contributed by atoms with Crippen LogP contribution in [0.25, 0.3) is 0 Å². The first-order chi connectivity index (χ1) is 8.41. The number of hydrogen-bond donors (Lipinski definition) is 0. The SMILES string of the molecule is CN1CCN(Cc2ccc(Br)cc2)C(C)(C)C1=O. The minimum absolute atomic E-state index is 0.200. The third-order valence-electron chi connectivity index (χ3n) is 3.65. The molecule has 0 atom stereocenters. The molecule has 18 heavy (non-hydrogen) atoms. The van der Waals surface area contributed by atoms with Crippen LogP contribution in [0.1, 0.15) is 19.4 Å². The molecular formula is C14H19BrN2O. The van der Waals surface area contributed by atoms with Gasteiger partial charge in [0, 0.05) is 31.2 Å². The molecule has 2 rings (SSSR count). The summed E-state index contributed by atoms with van der Waals surface area (Å²) in [6.45, 7) is 6.55. The van der Waals surface area contributed by atoms with Crippen molar-refractivity contribution in [2.75, 3.05) is 20.1 Å². The van der Waals surface area contributed by atoms with E-state index >= 15 is 0 Å². The van der Waals surface area contributed by atoms with Gasteiger partial charge in [-0.05, 0) is 31.5 Å². The van der Waals surface area contributed by atoms with Gasteiger partial charge in [0.1, 0.15) is 0 Å². The van der Waals surface area contributed by atoms with Crippen LogP contribution in [0.4, 0.5) is 0 Å². The summed E-state index contributed by atoms with van der Waals surface area (Å²) in [6, 6.07) is 8.28. The summed E-state index contributed by atoms with van der Waals surface area (Å²) in [5.41, 5.74) is 0.823. The minimum Gasteiger partial charge on any atom is -0.343 e. The van der Waals surface area contributed by atoms with Gasteiger partial charge in [-0.15, -0.1) is 0 Å². The number of amides is 1. The Hall–Kier alpha value is -0.870. The van der Waals surface area contributed by atoms with Gasteiger partial charge in [0.2, 0.25) is 5.91 Å². The van der Waals surface area contributed by atoms with Crippen molar-refractivity contribution in [1.82, 2.24) is 9.80 Å². The Morgan fingerprint density at radius 2 is 1.83 bits per heavy atom. The number of likely N-dealkylation sites (N-methyl/N-ethyl adjacent to an activating group) is 1. The standard InChI is InChI=1S/C14H19BrN2O/c1-14(2)13(18)16(3)8-9-17(14)10-11-4-6-12(15)7-5-11/h4-7H,8-10H2,1-3H3. The Balaban J connectivity index is 2.14. The molecule has 0 spiro atoms. The van der Waals surface area contributed by atoms with Crippen LogP contribution >= 0.6 is 15.9 Å². The van der Waals surface area contributed by atoms with E-state index in [2.05, 4.69) is 33.0 Å². The smallest absolute Gasteiger partial charge is 0.242 e.